The van der Waals surface area contributed by atoms with Gasteiger partial charge in [0.25, 0.3) is 0 Å². The molecule has 1 fully saturated rings. The molecule has 0 radical (unpaired) electrons. The van der Waals surface area contributed by atoms with Crippen molar-refractivity contribution in [1.29, 1.82) is 0 Å². The first-order valence-corrected chi connectivity index (χ1v) is 5.66. The zero-order chi connectivity index (χ0) is 12.1. The first-order valence-electron chi connectivity index (χ1n) is 5.66. The summed E-state index contributed by atoms with van der Waals surface area (Å²) in [6.07, 6.45) is 0.665. The van der Waals surface area contributed by atoms with Crippen LogP contribution in [0.2, 0.25) is 0 Å². The quantitative estimate of drug-likeness (QED) is 0.593. The number of carboxylic acid groups (broad SMARTS) is 1. The van der Waals surface area contributed by atoms with E-state index in [-0.39, 0.29) is 17.9 Å². The molecule has 1 rings (SSSR count). The summed E-state index contributed by atoms with van der Waals surface area (Å²) in [7, 11) is 0. The molecule has 5 nitrogen and oxygen atoms in total. The van der Waals surface area contributed by atoms with Gasteiger partial charge in [0.15, 0.2) is 0 Å². The molecule has 0 bridgehead atoms. The van der Waals surface area contributed by atoms with E-state index in [2.05, 4.69) is 4.74 Å². The van der Waals surface area contributed by atoms with Crippen molar-refractivity contribution < 1.29 is 24.2 Å². The smallest absolute Gasteiger partial charge is 0.449 e. The second-order valence-electron chi connectivity index (χ2n) is 3.97. The fourth-order valence-corrected chi connectivity index (χ4v) is 2.37. The summed E-state index contributed by atoms with van der Waals surface area (Å²) < 4.78 is 9.80. The molecular weight excluding hydrogens is 212 g/mol. The highest BCUT2D eigenvalue weighted by Gasteiger charge is 2.38. The van der Waals surface area contributed by atoms with Crippen molar-refractivity contribution >= 4 is 12.1 Å². The van der Waals surface area contributed by atoms with Gasteiger partial charge < -0.3 is 14.6 Å². The van der Waals surface area contributed by atoms with Gasteiger partial charge in [0.2, 0.25) is 0 Å². The largest absolute Gasteiger partial charge is 0.513 e. The van der Waals surface area contributed by atoms with Crippen LogP contribution in [0.4, 0.5) is 4.79 Å². The maximum atomic E-state index is 11.6. The van der Waals surface area contributed by atoms with E-state index in [0.29, 0.717) is 13.0 Å². The van der Waals surface area contributed by atoms with E-state index < -0.39 is 12.1 Å². The van der Waals surface area contributed by atoms with Gasteiger partial charge in [0.05, 0.1) is 12.0 Å². The fourth-order valence-electron chi connectivity index (χ4n) is 2.37. The minimum Gasteiger partial charge on any atom is -0.449 e. The van der Waals surface area contributed by atoms with Crippen LogP contribution in [0.15, 0.2) is 0 Å². The predicted molar refractivity (Wildman–Crippen MR) is 56.0 cm³/mol. The van der Waals surface area contributed by atoms with Crippen molar-refractivity contribution in [3.8, 4) is 0 Å². The van der Waals surface area contributed by atoms with Gasteiger partial charge >= 0.3 is 12.1 Å². The van der Waals surface area contributed by atoms with Crippen molar-refractivity contribution in [2.75, 3.05) is 6.61 Å². The molecule has 1 heterocycles. The molecule has 0 spiro atoms. The van der Waals surface area contributed by atoms with E-state index in [9.17, 15) is 9.59 Å². The molecule has 0 aliphatic carbocycles. The van der Waals surface area contributed by atoms with Crippen molar-refractivity contribution in [2.45, 2.75) is 39.2 Å². The zero-order valence-corrected chi connectivity index (χ0v) is 9.64. The average Bonchev–Trinajstić information content (AvgIpc) is 2.26. The maximum Gasteiger partial charge on any atom is 0.513 e. The van der Waals surface area contributed by atoms with Crippen LogP contribution in [0.5, 0.6) is 0 Å². The molecule has 1 saturated heterocycles. The number of carbonyl (C=O) groups is 2. The predicted octanol–water partition coefficient (Wildman–Crippen LogP) is 2.05. The molecule has 1 aliphatic rings. The molecule has 3 atom stereocenters. The van der Waals surface area contributed by atoms with Crippen molar-refractivity contribution in [1.82, 2.24) is 0 Å². The molecule has 0 aromatic heterocycles. The van der Waals surface area contributed by atoms with Gasteiger partial charge in [-0.15, -0.1) is 0 Å². The normalized spacial score (nSPS) is 29.8. The van der Waals surface area contributed by atoms with Gasteiger partial charge in [-0.2, -0.15) is 0 Å². The first kappa shape index (κ1) is 13.0. The summed E-state index contributed by atoms with van der Waals surface area (Å²) in [5, 5.41) is 8.42. The van der Waals surface area contributed by atoms with Crippen molar-refractivity contribution in [2.24, 2.45) is 11.8 Å². The topological polar surface area (TPSA) is 72.8 Å². The van der Waals surface area contributed by atoms with Crippen molar-refractivity contribution in [3.05, 3.63) is 0 Å². The second kappa shape index (κ2) is 5.84. The van der Waals surface area contributed by atoms with Crippen LogP contribution in [0.25, 0.3) is 0 Å². The summed E-state index contributed by atoms with van der Waals surface area (Å²) >= 11 is 0. The number of hydrogen-bond donors (Lipinski definition) is 1. The van der Waals surface area contributed by atoms with Crippen LogP contribution >= 0.6 is 0 Å². The van der Waals surface area contributed by atoms with Crippen LogP contribution < -0.4 is 0 Å². The SMILES string of the molecule is CCC1OCCC(C(=O)OC(=O)O)C1CC. The molecular formula is C11H18O5. The van der Waals surface area contributed by atoms with Gasteiger partial charge in [-0.05, 0) is 25.2 Å². The van der Waals surface area contributed by atoms with Gasteiger partial charge in [-0.3, -0.25) is 4.79 Å². The Labute approximate surface area is 94.7 Å². The highest BCUT2D eigenvalue weighted by molar-refractivity contribution is 5.83. The number of ether oxygens (including phenoxy) is 2. The number of hydrogen-bond acceptors (Lipinski definition) is 4. The Bertz CT molecular complexity index is 263. The molecule has 3 unspecified atom stereocenters. The molecule has 0 saturated carbocycles. The highest BCUT2D eigenvalue weighted by Crippen LogP contribution is 2.32. The maximum absolute atomic E-state index is 11.6. The van der Waals surface area contributed by atoms with E-state index in [0.717, 1.165) is 12.8 Å². The van der Waals surface area contributed by atoms with Crippen LogP contribution in [0.1, 0.15) is 33.1 Å². The average molecular weight is 230 g/mol. The molecule has 0 aromatic rings. The summed E-state index contributed by atoms with van der Waals surface area (Å²) in [5.41, 5.74) is 0. The van der Waals surface area contributed by atoms with Crippen LogP contribution in [0.3, 0.4) is 0 Å². The van der Waals surface area contributed by atoms with Gasteiger partial charge in [0, 0.05) is 6.61 Å². The molecule has 0 aromatic carbocycles. The zero-order valence-electron chi connectivity index (χ0n) is 9.64. The van der Waals surface area contributed by atoms with E-state index in [1.54, 1.807) is 0 Å². The lowest BCUT2D eigenvalue weighted by Crippen LogP contribution is -2.40. The lowest BCUT2D eigenvalue weighted by atomic mass is 9.80. The van der Waals surface area contributed by atoms with E-state index in [4.69, 9.17) is 9.84 Å². The second-order valence-corrected chi connectivity index (χ2v) is 3.97. The standard InChI is InChI=1S/C11H18O5/c1-3-7-8(10(12)16-11(13)14)5-6-15-9(7)4-2/h7-9H,3-6H2,1-2H3,(H,13,14). The summed E-state index contributed by atoms with van der Waals surface area (Å²) in [6, 6.07) is 0. The van der Waals surface area contributed by atoms with E-state index >= 15 is 0 Å². The monoisotopic (exact) mass is 230 g/mol. The van der Waals surface area contributed by atoms with E-state index in [1.165, 1.54) is 0 Å². The molecule has 92 valence electrons. The number of carbonyl (C=O) groups excluding carboxylic acids is 1. The van der Waals surface area contributed by atoms with E-state index in [1.807, 2.05) is 13.8 Å². The summed E-state index contributed by atoms with van der Waals surface area (Å²) in [5.74, 6) is -0.925. The first-order chi connectivity index (χ1) is 7.60. The minimum absolute atomic E-state index is 0.0325. The Morgan fingerprint density at radius 2 is 2.06 bits per heavy atom. The van der Waals surface area contributed by atoms with Gasteiger partial charge in [0.1, 0.15) is 0 Å². The lowest BCUT2D eigenvalue weighted by Gasteiger charge is -2.35. The van der Waals surface area contributed by atoms with Crippen molar-refractivity contribution in [3.63, 3.8) is 0 Å². The Kier molecular flexibility index (Phi) is 4.73. The third-order valence-corrected chi connectivity index (χ3v) is 3.12. The van der Waals surface area contributed by atoms with Crippen LogP contribution in [-0.2, 0) is 14.3 Å². The molecule has 1 aliphatic heterocycles. The Morgan fingerprint density at radius 1 is 1.38 bits per heavy atom. The van der Waals surface area contributed by atoms with Crippen LogP contribution in [-0.4, -0.2) is 29.9 Å². The van der Waals surface area contributed by atoms with Gasteiger partial charge in [-0.1, -0.05) is 13.8 Å². The Hall–Kier alpha value is -1.10. The number of esters is 1. The molecule has 16 heavy (non-hydrogen) atoms. The number of rotatable bonds is 3. The van der Waals surface area contributed by atoms with Gasteiger partial charge in [-0.25, -0.2) is 4.79 Å². The molecule has 1 N–H and O–H groups in total. The Morgan fingerprint density at radius 3 is 2.56 bits per heavy atom. The molecule has 5 heteroatoms. The third-order valence-electron chi connectivity index (χ3n) is 3.12. The lowest BCUT2D eigenvalue weighted by molar-refractivity contribution is -0.155. The summed E-state index contributed by atoms with van der Waals surface area (Å²) in [4.78, 5) is 21.9. The Balaban J connectivity index is 2.68. The highest BCUT2D eigenvalue weighted by atomic mass is 16.7. The molecule has 0 amide bonds. The summed E-state index contributed by atoms with van der Waals surface area (Å²) in [6.45, 7) is 4.47. The minimum atomic E-state index is -1.53. The van der Waals surface area contributed by atoms with Crippen LogP contribution in [0, 0.1) is 11.8 Å². The third kappa shape index (κ3) is 2.95. The fraction of sp³-hybridized carbons (Fsp3) is 0.818.